The van der Waals surface area contributed by atoms with Crippen LogP contribution in [0.4, 0.5) is 0 Å². The molecule has 138 valence electrons. The highest BCUT2D eigenvalue weighted by Gasteiger charge is 2.47. The van der Waals surface area contributed by atoms with Crippen LogP contribution >= 0.6 is 0 Å². The molecule has 0 N–H and O–H groups in total. The third-order valence-electron chi connectivity index (χ3n) is 6.25. The quantitative estimate of drug-likeness (QED) is 0.819. The molecule has 1 aliphatic carbocycles. The first kappa shape index (κ1) is 17.0. The van der Waals surface area contributed by atoms with Gasteiger partial charge in [0.15, 0.2) is 5.82 Å². The maximum absolute atomic E-state index is 12.4. The van der Waals surface area contributed by atoms with E-state index in [9.17, 15) is 4.79 Å². The SMILES string of the molecule is CC1(C(=O)N2CCC(CCc3noc(C4CCOCC4)n3)CC2)CC1. The van der Waals surface area contributed by atoms with Gasteiger partial charge in [-0.15, -0.1) is 0 Å². The number of aryl methyl sites for hydroxylation is 1. The van der Waals surface area contributed by atoms with Crippen molar-refractivity contribution in [2.24, 2.45) is 11.3 Å². The van der Waals surface area contributed by atoms with Crippen LogP contribution in [0.1, 0.15) is 69.5 Å². The third-order valence-corrected chi connectivity index (χ3v) is 6.25. The van der Waals surface area contributed by atoms with Crippen LogP contribution in [0.15, 0.2) is 4.52 Å². The van der Waals surface area contributed by atoms with Gasteiger partial charge in [-0.05, 0) is 50.9 Å². The highest BCUT2D eigenvalue weighted by atomic mass is 16.5. The first-order valence-corrected chi connectivity index (χ1v) is 9.84. The highest BCUT2D eigenvalue weighted by molar-refractivity contribution is 5.84. The number of hydrogen-bond acceptors (Lipinski definition) is 5. The molecule has 1 amide bonds. The molecule has 1 aromatic rings. The lowest BCUT2D eigenvalue weighted by atomic mass is 9.91. The van der Waals surface area contributed by atoms with Gasteiger partial charge in [0, 0.05) is 44.1 Å². The van der Waals surface area contributed by atoms with Crippen molar-refractivity contribution in [1.29, 1.82) is 0 Å². The number of likely N-dealkylation sites (tertiary alicyclic amines) is 1. The Morgan fingerprint density at radius 2 is 1.92 bits per heavy atom. The number of carbonyl (C=O) groups excluding carboxylic acids is 1. The summed E-state index contributed by atoms with van der Waals surface area (Å²) in [7, 11) is 0. The van der Waals surface area contributed by atoms with Crippen LogP contribution in [0.25, 0.3) is 0 Å². The average molecular weight is 347 g/mol. The maximum atomic E-state index is 12.4. The molecule has 0 bridgehead atoms. The lowest BCUT2D eigenvalue weighted by molar-refractivity contribution is -0.137. The van der Waals surface area contributed by atoms with E-state index < -0.39 is 0 Å². The Morgan fingerprint density at radius 3 is 2.60 bits per heavy atom. The second-order valence-electron chi connectivity index (χ2n) is 8.27. The van der Waals surface area contributed by atoms with Crippen LogP contribution in [0.5, 0.6) is 0 Å². The van der Waals surface area contributed by atoms with Crippen molar-refractivity contribution < 1.29 is 14.1 Å². The molecule has 0 radical (unpaired) electrons. The van der Waals surface area contributed by atoms with Crippen molar-refractivity contribution in [3.8, 4) is 0 Å². The summed E-state index contributed by atoms with van der Waals surface area (Å²) in [5.74, 6) is 3.04. The second-order valence-corrected chi connectivity index (χ2v) is 8.27. The lowest BCUT2D eigenvalue weighted by Crippen LogP contribution is -2.41. The molecule has 3 aliphatic rings. The average Bonchev–Trinajstić information content (AvgIpc) is 3.23. The summed E-state index contributed by atoms with van der Waals surface area (Å²) in [5.41, 5.74) is -0.0297. The number of aromatic nitrogens is 2. The Labute approximate surface area is 149 Å². The van der Waals surface area contributed by atoms with Gasteiger partial charge in [0.2, 0.25) is 11.8 Å². The maximum Gasteiger partial charge on any atom is 0.229 e. The molecule has 2 saturated heterocycles. The molecular formula is C19H29N3O3. The van der Waals surface area contributed by atoms with Crippen LogP contribution in [-0.2, 0) is 16.0 Å². The second kappa shape index (κ2) is 7.06. The van der Waals surface area contributed by atoms with Crippen molar-refractivity contribution >= 4 is 5.91 Å². The molecule has 0 aromatic carbocycles. The van der Waals surface area contributed by atoms with Crippen molar-refractivity contribution in [1.82, 2.24) is 15.0 Å². The molecule has 1 aromatic heterocycles. The zero-order chi connectivity index (χ0) is 17.3. The van der Waals surface area contributed by atoms with Gasteiger partial charge >= 0.3 is 0 Å². The molecule has 0 atom stereocenters. The summed E-state index contributed by atoms with van der Waals surface area (Å²) in [6.45, 7) is 5.52. The van der Waals surface area contributed by atoms with Crippen LogP contribution in [0, 0.1) is 11.3 Å². The summed E-state index contributed by atoms with van der Waals surface area (Å²) in [4.78, 5) is 19.1. The number of ether oxygens (including phenoxy) is 1. The Morgan fingerprint density at radius 1 is 1.20 bits per heavy atom. The molecule has 6 heteroatoms. The number of rotatable bonds is 5. The minimum atomic E-state index is -0.0297. The molecule has 6 nitrogen and oxygen atoms in total. The minimum absolute atomic E-state index is 0.0297. The molecule has 0 spiro atoms. The van der Waals surface area contributed by atoms with Gasteiger partial charge in [0.25, 0.3) is 0 Å². The van der Waals surface area contributed by atoms with Crippen LogP contribution in [0.2, 0.25) is 0 Å². The fourth-order valence-electron chi connectivity index (χ4n) is 4.02. The van der Waals surface area contributed by atoms with E-state index in [2.05, 4.69) is 22.0 Å². The Hall–Kier alpha value is -1.43. The summed E-state index contributed by atoms with van der Waals surface area (Å²) in [6.07, 6.45) is 8.27. The Bertz CT molecular complexity index is 597. The summed E-state index contributed by atoms with van der Waals surface area (Å²) >= 11 is 0. The van der Waals surface area contributed by atoms with Crippen LogP contribution in [-0.4, -0.2) is 47.3 Å². The summed E-state index contributed by atoms with van der Waals surface area (Å²) in [6, 6.07) is 0. The molecule has 3 heterocycles. The van der Waals surface area contributed by atoms with Crippen molar-refractivity contribution in [2.45, 2.75) is 64.2 Å². The summed E-state index contributed by atoms with van der Waals surface area (Å²) < 4.78 is 10.9. The predicted molar refractivity (Wildman–Crippen MR) is 92.1 cm³/mol. The van der Waals surface area contributed by atoms with Gasteiger partial charge in [-0.3, -0.25) is 4.79 Å². The van der Waals surface area contributed by atoms with E-state index >= 15 is 0 Å². The first-order chi connectivity index (χ1) is 12.1. The van der Waals surface area contributed by atoms with Crippen molar-refractivity contribution in [2.75, 3.05) is 26.3 Å². The number of amides is 1. The number of carbonyl (C=O) groups is 1. The summed E-state index contributed by atoms with van der Waals surface area (Å²) in [5, 5.41) is 4.17. The van der Waals surface area contributed by atoms with E-state index in [0.717, 1.165) is 89.4 Å². The molecule has 0 unspecified atom stereocenters. The van der Waals surface area contributed by atoms with Gasteiger partial charge in [0.05, 0.1) is 0 Å². The normalized spacial score (nSPS) is 24.4. The fraction of sp³-hybridized carbons (Fsp3) is 0.842. The smallest absolute Gasteiger partial charge is 0.229 e. The van der Waals surface area contributed by atoms with Gasteiger partial charge < -0.3 is 14.2 Å². The van der Waals surface area contributed by atoms with Crippen LogP contribution < -0.4 is 0 Å². The lowest BCUT2D eigenvalue weighted by Gasteiger charge is -2.33. The molecule has 3 fully saturated rings. The Balaban J connectivity index is 1.22. The molecule has 1 saturated carbocycles. The van der Waals surface area contributed by atoms with Crippen molar-refractivity contribution in [3.05, 3.63) is 11.7 Å². The molecule has 2 aliphatic heterocycles. The molecule has 4 rings (SSSR count). The number of piperidine rings is 1. The van der Waals surface area contributed by atoms with Crippen molar-refractivity contribution in [3.63, 3.8) is 0 Å². The van der Waals surface area contributed by atoms with E-state index in [4.69, 9.17) is 9.26 Å². The number of nitrogens with zero attached hydrogens (tertiary/aromatic N) is 3. The van der Waals surface area contributed by atoms with E-state index in [0.29, 0.717) is 17.7 Å². The fourth-order valence-corrected chi connectivity index (χ4v) is 4.02. The topological polar surface area (TPSA) is 68.5 Å². The van der Waals surface area contributed by atoms with E-state index in [1.54, 1.807) is 0 Å². The number of hydrogen-bond donors (Lipinski definition) is 0. The van der Waals surface area contributed by atoms with Gasteiger partial charge in [-0.2, -0.15) is 4.98 Å². The minimum Gasteiger partial charge on any atom is -0.381 e. The van der Waals surface area contributed by atoms with E-state index in [-0.39, 0.29) is 5.41 Å². The predicted octanol–water partition coefficient (Wildman–Crippen LogP) is 2.93. The standard InChI is InChI=1S/C19H29N3O3/c1-19(8-9-19)18(23)22-10-4-14(5-11-22)2-3-16-20-17(25-21-16)15-6-12-24-13-7-15/h14-15H,2-13H2,1H3. The highest BCUT2D eigenvalue weighted by Crippen LogP contribution is 2.47. The van der Waals surface area contributed by atoms with Gasteiger partial charge in [-0.25, -0.2) is 0 Å². The third kappa shape index (κ3) is 3.89. The van der Waals surface area contributed by atoms with E-state index in [1.165, 1.54) is 0 Å². The Kier molecular flexibility index (Phi) is 4.80. The van der Waals surface area contributed by atoms with E-state index in [1.807, 2.05) is 0 Å². The van der Waals surface area contributed by atoms with Gasteiger partial charge in [0.1, 0.15) is 0 Å². The monoisotopic (exact) mass is 347 g/mol. The largest absolute Gasteiger partial charge is 0.381 e. The zero-order valence-corrected chi connectivity index (χ0v) is 15.2. The first-order valence-electron chi connectivity index (χ1n) is 9.84. The van der Waals surface area contributed by atoms with Gasteiger partial charge in [-0.1, -0.05) is 12.1 Å². The zero-order valence-electron chi connectivity index (χ0n) is 15.2. The molecular weight excluding hydrogens is 318 g/mol. The molecule has 25 heavy (non-hydrogen) atoms. The van der Waals surface area contributed by atoms with Crippen LogP contribution in [0.3, 0.4) is 0 Å².